The van der Waals surface area contributed by atoms with E-state index in [0.29, 0.717) is 18.1 Å². The number of carboxylic acids is 1. The molecule has 0 saturated heterocycles. The smallest absolute Gasteiger partial charge is 0.335 e. The van der Waals surface area contributed by atoms with Gasteiger partial charge in [-0.15, -0.1) is 0 Å². The van der Waals surface area contributed by atoms with E-state index in [-0.39, 0.29) is 5.56 Å². The standard InChI is InChI=1S/C14H14ClNO3/c1-16(9-12-3-2-6-19-12)8-11-5-4-10(14(17)18)7-13(11)15/h2-7H,8-9H2,1H3,(H,17,18). The van der Waals surface area contributed by atoms with E-state index in [2.05, 4.69) is 0 Å². The van der Waals surface area contributed by atoms with Gasteiger partial charge < -0.3 is 9.52 Å². The molecular weight excluding hydrogens is 266 g/mol. The molecule has 2 aromatic rings. The Morgan fingerprint density at radius 3 is 2.74 bits per heavy atom. The van der Waals surface area contributed by atoms with Gasteiger partial charge in [0.25, 0.3) is 0 Å². The summed E-state index contributed by atoms with van der Waals surface area (Å²) in [7, 11) is 1.95. The normalized spacial score (nSPS) is 10.9. The van der Waals surface area contributed by atoms with Crippen molar-refractivity contribution in [3.63, 3.8) is 0 Å². The van der Waals surface area contributed by atoms with Crippen LogP contribution in [0.4, 0.5) is 0 Å². The third-order valence-corrected chi connectivity index (χ3v) is 3.10. The lowest BCUT2D eigenvalue weighted by Gasteiger charge is -2.16. The minimum atomic E-state index is -0.975. The van der Waals surface area contributed by atoms with Crippen LogP contribution in [0.3, 0.4) is 0 Å². The molecule has 1 N–H and O–H groups in total. The van der Waals surface area contributed by atoms with E-state index in [0.717, 1.165) is 11.3 Å². The fourth-order valence-corrected chi connectivity index (χ4v) is 2.06. The topological polar surface area (TPSA) is 53.7 Å². The number of hydrogen-bond donors (Lipinski definition) is 1. The first-order chi connectivity index (χ1) is 9.06. The fourth-order valence-electron chi connectivity index (χ4n) is 1.82. The van der Waals surface area contributed by atoms with Crippen LogP contribution in [0.5, 0.6) is 0 Å². The predicted molar refractivity (Wildman–Crippen MR) is 72.3 cm³/mol. The first kappa shape index (κ1) is 13.6. The molecule has 100 valence electrons. The maximum Gasteiger partial charge on any atom is 0.335 e. The van der Waals surface area contributed by atoms with Crippen molar-refractivity contribution < 1.29 is 14.3 Å². The first-order valence-electron chi connectivity index (χ1n) is 5.79. The summed E-state index contributed by atoms with van der Waals surface area (Å²) in [4.78, 5) is 12.9. The van der Waals surface area contributed by atoms with E-state index in [1.807, 2.05) is 24.1 Å². The highest BCUT2D eigenvalue weighted by Crippen LogP contribution is 2.20. The van der Waals surface area contributed by atoms with Crippen LogP contribution in [0.25, 0.3) is 0 Å². The van der Waals surface area contributed by atoms with Gasteiger partial charge in [-0.1, -0.05) is 17.7 Å². The van der Waals surface area contributed by atoms with E-state index >= 15 is 0 Å². The van der Waals surface area contributed by atoms with Gasteiger partial charge in [-0.2, -0.15) is 0 Å². The molecule has 0 bridgehead atoms. The largest absolute Gasteiger partial charge is 0.478 e. The summed E-state index contributed by atoms with van der Waals surface area (Å²) >= 11 is 6.09. The molecule has 19 heavy (non-hydrogen) atoms. The molecule has 1 aromatic heterocycles. The zero-order valence-electron chi connectivity index (χ0n) is 10.5. The minimum Gasteiger partial charge on any atom is -0.478 e. The van der Waals surface area contributed by atoms with Crippen LogP contribution in [-0.2, 0) is 13.1 Å². The van der Waals surface area contributed by atoms with Crippen molar-refractivity contribution in [3.05, 3.63) is 58.5 Å². The zero-order valence-corrected chi connectivity index (χ0v) is 11.2. The molecule has 0 spiro atoms. The van der Waals surface area contributed by atoms with Crippen molar-refractivity contribution in [2.24, 2.45) is 0 Å². The SMILES string of the molecule is CN(Cc1ccco1)Cc1ccc(C(=O)O)cc1Cl. The molecule has 2 rings (SSSR count). The second-order valence-electron chi connectivity index (χ2n) is 4.36. The lowest BCUT2D eigenvalue weighted by atomic mass is 10.1. The molecule has 0 amide bonds. The van der Waals surface area contributed by atoms with E-state index in [9.17, 15) is 4.79 Å². The number of hydrogen-bond acceptors (Lipinski definition) is 3. The zero-order chi connectivity index (χ0) is 13.8. The Morgan fingerprint density at radius 2 is 2.16 bits per heavy atom. The maximum atomic E-state index is 10.8. The van der Waals surface area contributed by atoms with Gasteiger partial charge in [0.05, 0.1) is 18.4 Å². The molecular formula is C14H14ClNO3. The Hall–Kier alpha value is -1.78. The van der Waals surface area contributed by atoms with Gasteiger partial charge in [0.2, 0.25) is 0 Å². The molecule has 0 atom stereocenters. The third kappa shape index (κ3) is 3.59. The lowest BCUT2D eigenvalue weighted by molar-refractivity contribution is 0.0697. The van der Waals surface area contributed by atoms with Crippen molar-refractivity contribution in [1.82, 2.24) is 4.90 Å². The Kier molecular flexibility index (Phi) is 4.24. The highest BCUT2D eigenvalue weighted by molar-refractivity contribution is 6.31. The second kappa shape index (κ2) is 5.91. The summed E-state index contributed by atoms with van der Waals surface area (Å²) in [6.07, 6.45) is 1.64. The maximum absolute atomic E-state index is 10.8. The van der Waals surface area contributed by atoms with Crippen LogP contribution in [-0.4, -0.2) is 23.0 Å². The van der Waals surface area contributed by atoms with Crippen LogP contribution in [0, 0.1) is 0 Å². The molecule has 0 aliphatic heterocycles. The van der Waals surface area contributed by atoms with Crippen LogP contribution >= 0.6 is 11.6 Å². The van der Waals surface area contributed by atoms with Crippen LogP contribution in [0.2, 0.25) is 5.02 Å². The number of carbonyl (C=O) groups is 1. The lowest BCUT2D eigenvalue weighted by Crippen LogP contribution is -2.17. The molecule has 0 radical (unpaired) electrons. The molecule has 0 unspecified atom stereocenters. The summed E-state index contributed by atoms with van der Waals surface area (Å²) in [5.74, 6) is -0.0989. The van der Waals surface area contributed by atoms with Crippen molar-refractivity contribution in [3.8, 4) is 0 Å². The Bertz CT molecular complexity index is 566. The number of benzene rings is 1. The average Bonchev–Trinajstić information content (AvgIpc) is 2.84. The van der Waals surface area contributed by atoms with Crippen molar-refractivity contribution >= 4 is 17.6 Å². The quantitative estimate of drug-likeness (QED) is 0.913. The highest BCUT2D eigenvalue weighted by atomic mass is 35.5. The van der Waals surface area contributed by atoms with Crippen molar-refractivity contribution in [1.29, 1.82) is 0 Å². The van der Waals surface area contributed by atoms with Gasteiger partial charge in [-0.3, -0.25) is 4.90 Å². The first-order valence-corrected chi connectivity index (χ1v) is 6.16. The van der Waals surface area contributed by atoms with Crippen LogP contribution < -0.4 is 0 Å². The minimum absolute atomic E-state index is 0.197. The summed E-state index contributed by atoms with van der Waals surface area (Å²) in [6, 6.07) is 8.53. The number of carboxylic acid groups (broad SMARTS) is 1. The molecule has 0 saturated carbocycles. The summed E-state index contributed by atoms with van der Waals surface area (Å²) < 4.78 is 5.27. The van der Waals surface area contributed by atoms with E-state index in [1.54, 1.807) is 18.4 Å². The molecule has 1 aromatic carbocycles. The van der Waals surface area contributed by atoms with Crippen molar-refractivity contribution in [2.45, 2.75) is 13.1 Å². The predicted octanol–water partition coefficient (Wildman–Crippen LogP) is 3.26. The Labute approximate surface area is 116 Å². The molecule has 0 aliphatic carbocycles. The number of nitrogens with zero attached hydrogens (tertiary/aromatic N) is 1. The van der Waals surface area contributed by atoms with Gasteiger partial charge in [-0.05, 0) is 36.9 Å². The highest BCUT2D eigenvalue weighted by Gasteiger charge is 2.09. The fraction of sp³-hybridized carbons (Fsp3) is 0.214. The summed E-state index contributed by atoms with van der Waals surface area (Å²) in [5.41, 5.74) is 1.09. The number of halogens is 1. The molecule has 0 fully saturated rings. The number of rotatable bonds is 5. The van der Waals surface area contributed by atoms with E-state index in [1.165, 1.54) is 6.07 Å². The molecule has 5 heteroatoms. The molecule has 0 aliphatic rings. The van der Waals surface area contributed by atoms with Gasteiger partial charge in [-0.25, -0.2) is 4.79 Å². The van der Waals surface area contributed by atoms with Crippen LogP contribution in [0.1, 0.15) is 21.7 Å². The van der Waals surface area contributed by atoms with Crippen molar-refractivity contribution in [2.75, 3.05) is 7.05 Å². The Morgan fingerprint density at radius 1 is 1.37 bits per heavy atom. The average molecular weight is 280 g/mol. The summed E-state index contributed by atoms with van der Waals surface area (Å²) in [6.45, 7) is 1.30. The van der Waals surface area contributed by atoms with E-state index < -0.39 is 5.97 Å². The number of aromatic carboxylic acids is 1. The monoisotopic (exact) mass is 279 g/mol. The van der Waals surface area contributed by atoms with Gasteiger partial charge in [0.1, 0.15) is 5.76 Å². The number of furan rings is 1. The summed E-state index contributed by atoms with van der Waals surface area (Å²) in [5, 5.41) is 9.34. The Balaban J connectivity index is 2.04. The van der Waals surface area contributed by atoms with Crippen LogP contribution in [0.15, 0.2) is 41.0 Å². The second-order valence-corrected chi connectivity index (χ2v) is 4.77. The third-order valence-electron chi connectivity index (χ3n) is 2.75. The van der Waals surface area contributed by atoms with Gasteiger partial charge in [0, 0.05) is 11.6 Å². The van der Waals surface area contributed by atoms with Gasteiger partial charge >= 0.3 is 5.97 Å². The van der Waals surface area contributed by atoms with Gasteiger partial charge in [0.15, 0.2) is 0 Å². The molecule has 4 nitrogen and oxygen atoms in total. The van der Waals surface area contributed by atoms with E-state index in [4.69, 9.17) is 21.1 Å². The molecule has 1 heterocycles.